The van der Waals surface area contributed by atoms with Crippen molar-refractivity contribution in [1.82, 2.24) is 5.32 Å². The van der Waals surface area contributed by atoms with Crippen LogP contribution in [0.1, 0.15) is 26.4 Å². The predicted molar refractivity (Wildman–Crippen MR) is 111 cm³/mol. The van der Waals surface area contributed by atoms with Gasteiger partial charge < -0.3 is 5.32 Å². The molecule has 0 unspecified atom stereocenters. The van der Waals surface area contributed by atoms with Gasteiger partial charge in [-0.25, -0.2) is 0 Å². The first-order chi connectivity index (χ1) is 12.4. The first-order valence-electron chi connectivity index (χ1n) is 7.72. The normalized spacial score (nSPS) is 10.4. The molecule has 3 rings (SSSR count). The highest BCUT2D eigenvalue weighted by molar-refractivity contribution is 7.80. The Morgan fingerprint density at radius 1 is 1.19 bits per heavy atom. The van der Waals surface area contributed by atoms with E-state index in [0.717, 1.165) is 21.2 Å². The maximum Gasteiger partial charge on any atom is 0.258 e. The second kappa shape index (κ2) is 7.42. The minimum atomic E-state index is -0.334. The first kappa shape index (κ1) is 18.3. The molecule has 0 bridgehead atoms. The highest BCUT2D eigenvalue weighted by Crippen LogP contribution is 2.31. The molecule has 1 amide bonds. The predicted octanol–water partition coefficient (Wildman–Crippen LogP) is 5.17. The van der Waals surface area contributed by atoms with Crippen molar-refractivity contribution in [2.75, 3.05) is 5.32 Å². The molecule has 4 nitrogen and oxygen atoms in total. The van der Waals surface area contributed by atoms with Crippen LogP contribution in [0.25, 0.3) is 10.8 Å². The molecule has 0 spiro atoms. The summed E-state index contributed by atoms with van der Waals surface area (Å²) < 4.78 is 0. The summed E-state index contributed by atoms with van der Waals surface area (Å²) in [7, 11) is 0. The maximum absolute atomic E-state index is 12.7. The van der Waals surface area contributed by atoms with Gasteiger partial charge in [-0.3, -0.25) is 10.1 Å². The Hall–Kier alpha value is -2.46. The number of amides is 1. The van der Waals surface area contributed by atoms with E-state index in [9.17, 15) is 10.1 Å². The number of halogens is 1. The van der Waals surface area contributed by atoms with Crippen LogP contribution in [-0.2, 0) is 0 Å². The van der Waals surface area contributed by atoms with Crippen LogP contribution in [0.5, 0.6) is 0 Å². The Kier molecular flexibility index (Phi) is 5.23. The average Bonchev–Trinajstić information content (AvgIpc) is 2.87. The highest BCUT2D eigenvalue weighted by atomic mass is 35.5. The Bertz CT molecular complexity index is 1080. The molecule has 0 aliphatic rings. The van der Waals surface area contributed by atoms with E-state index < -0.39 is 0 Å². The van der Waals surface area contributed by atoms with E-state index in [1.165, 1.54) is 11.3 Å². The van der Waals surface area contributed by atoms with Gasteiger partial charge in [-0.1, -0.05) is 35.9 Å². The third-order valence-electron chi connectivity index (χ3n) is 4.06. The number of carbonyl (C=O) groups excluding carboxylic acids is 1. The number of nitrogens with one attached hydrogen (secondary N) is 2. The molecule has 0 radical (unpaired) electrons. The summed E-state index contributed by atoms with van der Waals surface area (Å²) in [4.78, 5) is 13.7. The van der Waals surface area contributed by atoms with E-state index in [1.807, 2.05) is 26.0 Å². The molecule has 0 saturated carbocycles. The van der Waals surface area contributed by atoms with Crippen molar-refractivity contribution in [3.63, 3.8) is 0 Å². The molecule has 1 heterocycles. The van der Waals surface area contributed by atoms with Crippen molar-refractivity contribution in [3.8, 4) is 6.07 Å². The van der Waals surface area contributed by atoms with E-state index in [4.69, 9.17) is 23.8 Å². The van der Waals surface area contributed by atoms with Crippen LogP contribution in [0.15, 0.2) is 36.4 Å². The summed E-state index contributed by atoms with van der Waals surface area (Å²) in [5.74, 6) is -0.334. The summed E-state index contributed by atoms with van der Waals surface area (Å²) in [5.41, 5.74) is 1.94. The summed E-state index contributed by atoms with van der Waals surface area (Å²) in [6, 6.07) is 12.9. The summed E-state index contributed by atoms with van der Waals surface area (Å²) >= 11 is 12.9. The quantitative estimate of drug-likeness (QED) is 0.583. The van der Waals surface area contributed by atoms with Crippen molar-refractivity contribution < 1.29 is 4.79 Å². The van der Waals surface area contributed by atoms with E-state index in [1.54, 1.807) is 24.3 Å². The largest absolute Gasteiger partial charge is 0.323 e. The summed E-state index contributed by atoms with van der Waals surface area (Å²) in [5, 5.41) is 17.8. The van der Waals surface area contributed by atoms with Crippen LogP contribution in [-0.4, -0.2) is 11.0 Å². The van der Waals surface area contributed by atoms with Gasteiger partial charge in [-0.2, -0.15) is 5.26 Å². The molecular weight excluding hydrogens is 386 g/mol. The number of anilines is 1. The molecule has 1 aromatic heterocycles. The van der Waals surface area contributed by atoms with E-state index in [0.29, 0.717) is 21.2 Å². The zero-order chi connectivity index (χ0) is 18.8. The number of hydrogen-bond donors (Lipinski definition) is 2. The Labute approximate surface area is 165 Å². The van der Waals surface area contributed by atoms with Crippen LogP contribution in [0.4, 0.5) is 5.00 Å². The molecule has 0 atom stereocenters. The zero-order valence-corrected chi connectivity index (χ0v) is 16.4. The molecule has 2 N–H and O–H groups in total. The van der Waals surface area contributed by atoms with Crippen molar-refractivity contribution in [3.05, 3.63) is 63.0 Å². The van der Waals surface area contributed by atoms with Crippen LogP contribution in [0.3, 0.4) is 0 Å². The number of carbonyl (C=O) groups is 1. The van der Waals surface area contributed by atoms with Gasteiger partial charge in [0.15, 0.2) is 5.11 Å². The van der Waals surface area contributed by atoms with Gasteiger partial charge in [0.05, 0.1) is 5.56 Å². The second-order valence-corrected chi connectivity index (χ2v) is 7.69. The third kappa shape index (κ3) is 3.42. The number of hydrogen-bond acceptors (Lipinski definition) is 4. The maximum atomic E-state index is 12.7. The Morgan fingerprint density at radius 2 is 1.88 bits per heavy atom. The van der Waals surface area contributed by atoms with E-state index in [-0.39, 0.29) is 11.0 Å². The van der Waals surface area contributed by atoms with Crippen LogP contribution < -0.4 is 10.6 Å². The van der Waals surface area contributed by atoms with Gasteiger partial charge in [0.25, 0.3) is 5.91 Å². The molecule has 3 aromatic rings. The smallest absolute Gasteiger partial charge is 0.258 e. The molecule has 0 aliphatic heterocycles. The molecule has 26 heavy (non-hydrogen) atoms. The Balaban J connectivity index is 1.83. The molecule has 0 fully saturated rings. The fraction of sp³-hybridized carbons (Fsp3) is 0.105. The number of nitrogens with zero attached hydrogens (tertiary/aromatic N) is 1. The lowest BCUT2D eigenvalue weighted by Crippen LogP contribution is -2.34. The lowest BCUT2D eigenvalue weighted by Gasteiger charge is -2.10. The second-order valence-electron chi connectivity index (χ2n) is 5.65. The zero-order valence-electron chi connectivity index (χ0n) is 14.0. The van der Waals surface area contributed by atoms with E-state index >= 15 is 0 Å². The lowest BCUT2D eigenvalue weighted by atomic mass is 10.0. The molecule has 0 saturated heterocycles. The van der Waals surface area contributed by atoms with Crippen LogP contribution >= 0.6 is 35.2 Å². The average molecular weight is 400 g/mol. The van der Waals surface area contributed by atoms with Crippen molar-refractivity contribution in [1.29, 1.82) is 5.26 Å². The summed E-state index contributed by atoms with van der Waals surface area (Å²) in [6.07, 6.45) is 0. The number of benzene rings is 2. The molecule has 130 valence electrons. The minimum absolute atomic E-state index is 0.145. The Morgan fingerprint density at radius 3 is 2.62 bits per heavy atom. The molecule has 0 aliphatic carbocycles. The fourth-order valence-corrected chi connectivity index (χ4v) is 4.14. The molecule has 7 heteroatoms. The van der Waals surface area contributed by atoms with Gasteiger partial charge in [0.1, 0.15) is 11.1 Å². The number of nitriles is 1. The number of thiocarbonyl (C=S) groups is 1. The minimum Gasteiger partial charge on any atom is -0.323 e. The fourth-order valence-electron chi connectivity index (χ4n) is 2.62. The van der Waals surface area contributed by atoms with Crippen molar-refractivity contribution in [2.45, 2.75) is 13.8 Å². The highest BCUT2D eigenvalue weighted by Gasteiger charge is 2.16. The van der Waals surface area contributed by atoms with E-state index in [2.05, 4.69) is 16.7 Å². The number of thiophene rings is 1. The molecule has 2 aromatic carbocycles. The standard InChI is InChI=1S/C19H14ClN3OS2/c1-10-11(2)26-18(15(10)9-21)23-19(25)22-17(24)14-7-3-6-13-12(14)5-4-8-16(13)20/h3-8H,1-2H3,(H2,22,23,24,25). The van der Waals surface area contributed by atoms with Gasteiger partial charge in [0, 0.05) is 20.8 Å². The number of aryl methyl sites for hydroxylation is 1. The van der Waals surface area contributed by atoms with Crippen LogP contribution in [0, 0.1) is 25.2 Å². The van der Waals surface area contributed by atoms with Gasteiger partial charge >= 0.3 is 0 Å². The van der Waals surface area contributed by atoms with Gasteiger partial charge in [-0.05, 0) is 49.1 Å². The van der Waals surface area contributed by atoms with Crippen molar-refractivity contribution in [2.24, 2.45) is 0 Å². The summed E-state index contributed by atoms with van der Waals surface area (Å²) in [6.45, 7) is 3.82. The number of rotatable bonds is 2. The molecular formula is C19H14ClN3OS2. The van der Waals surface area contributed by atoms with Gasteiger partial charge in [0.2, 0.25) is 0 Å². The van der Waals surface area contributed by atoms with Crippen LogP contribution in [0.2, 0.25) is 5.02 Å². The van der Waals surface area contributed by atoms with Crippen molar-refractivity contribution >= 4 is 61.9 Å². The lowest BCUT2D eigenvalue weighted by molar-refractivity contribution is 0.0979. The first-order valence-corrected chi connectivity index (χ1v) is 9.32. The topological polar surface area (TPSA) is 64.9 Å². The monoisotopic (exact) mass is 399 g/mol. The SMILES string of the molecule is Cc1sc(NC(=S)NC(=O)c2cccc3c(Cl)cccc23)c(C#N)c1C. The third-order valence-corrected chi connectivity index (χ3v) is 5.72. The van der Waals surface area contributed by atoms with Gasteiger partial charge in [-0.15, -0.1) is 11.3 Å². The number of fused-ring (bicyclic) bond motifs is 1.